The molecule has 0 aromatic carbocycles. The van der Waals surface area contributed by atoms with E-state index >= 15 is 0 Å². The van der Waals surface area contributed by atoms with Crippen LogP contribution in [0.3, 0.4) is 0 Å². The first kappa shape index (κ1) is 21.6. The third kappa shape index (κ3) is 5.47. The summed E-state index contributed by atoms with van der Waals surface area (Å²) in [6.07, 6.45) is 15.7. The van der Waals surface area contributed by atoms with E-state index in [1.165, 1.54) is 44.9 Å². The highest BCUT2D eigenvalue weighted by Gasteiger charge is 2.42. The lowest BCUT2D eigenvalue weighted by Crippen LogP contribution is -2.42. The Hall–Kier alpha value is -0.150. The lowest BCUT2D eigenvalue weighted by Gasteiger charge is -2.42. The molecule has 4 atom stereocenters. The highest BCUT2D eigenvalue weighted by atomic mass is 19.1. The largest absolute Gasteiger partial charge is 0.252 e. The molecule has 3 fully saturated rings. The van der Waals surface area contributed by atoms with Gasteiger partial charge >= 0.3 is 0 Å². The van der Waals surface area contributed by atoms with Crippen LogP contribution in [-0.4, -0.2) is 17.5 Å². The van der Waals surface area contributed by atoms with Gasteiger partial charge in [0.15, 0.2) is 0 Å². The number of rotatable bonds is 7. The van der Waals surface area contributed by atoms with Gasteiger partial charge in [-0.15, -0.1) is 0 Å². The van der Waals surface area contributed by atoms with E-state index < -0.39 is 6.17 Å². The molecule has 0 radical (unpaired) electrons. The van der Waals surface area contributed by atoms with Gasteiger partial charge in [-0.25, -0.2) is 9.28 Å². The van der Waals surface area contributed by atoms with Crippen molar-refractivity contribution in [3.05, 3.63) is 0 Å². The van der Waals surface area contributed by atoms with Crippen LogP contribution in [0, 0.1) is 35.5 Å². The summed E-state index contributed by atoms with van der Waals surface area (Å²) in [6.45, 7) is 4.52. The average molecular weight is 383 g/mol. The maximum Gasteiger partial charge on any atom is 0.106 e. The summed E-state index contributed by atoms with van der Waals surface area (Å²) in [5.41, 5.74) is 0. The molecular formula is C24H43FO2. The van der Waals surface area contributed by atoms with Gasteiger partial charge in [-0.05, 0) is 87.4 Å². The fraction of sp³-hybridized carbons (Fsp3) is 1.00. The lowest BCUT2D eigenvalue weighted by molar-refractivity contribution is -0.311. The highest BCUT2D eigenvalue weighted by molar-refractivity contribution is 4.91. The molecule has 158 valence electrons. The first-order valence-corrected chi connectivity index (χ1v) is 12.1. The van der Waals surface area contributed by atoms with Crippen LogP contribution in [0.25, 0.3) is 0 Å². The number of alkyl halides is 1. The summed E-state index contributed by atoms with van der Waals surface area (Å²) < 4.78 is 14.9. The maximum atomic E-state index is 14.9. The van der Waals surface area contributed by atoms with Gasteiger partial charge in [0.25, 0.3) is 0 Å². The Labute approximate surface area is 166 Å². The normalized spacial score (nSPS) is 42.0. The first-order valence-electron chi connectivity index (χ1n) is 12.1. The minimum Gasteiger partial charge on any atom is -0.252 e. The van der Waals surface area contributed by atoms with E-state index in [-0.39, 0.29) is 12.0 Å². The molecule has 3 heteroatoms. The molecule has 3 aliphatic rings. The molecule has 1 N–H and O–H groups in total. The van der Waals surface area contributed by atoms with E-state index in [9.17, 15) is 9.65 Å². The van der Waals surface area contributed by atoms with Gasteiger partial charge in [0.2, 0.25) is 0 Å². The van der Waals surface area contributed by atoms with E-state index in [0.717, 1.165) is 56.3 Å². The molecule has 3 saturated carbocycles. The van der Waals surface area contributed by atoms with Gasteiger partial charge in [-0.1, -0.05) is 46.0 Å². The Balaban J connectivity index is 1.47. The van der Waals surface area contributed by atoms with E-state index in [4.69, 9.17) is 4.89 Å². The van der Waals surface area contributed by atoms with Crippen molar-refractivity contribution in [3.8, 4) is 0 Å². The van der Waals surface area contributed by atoms with Gasteiger partial charge in [-0.3, -0.25) is 5.26 Å². The molecule has 3 rings (SSSR count). The van der Waals surface area contributed by atoms with Crippen LogP contribution < -0.4 is 0 Å². The van der Waals surface area contributed by atoms with Crippen molar-refractivity contribution in [1.82, 2.24) is 0 Å². The van der Waals surface area contributed by atoms with Crippen molar-refractivity contribution < 1.29 is 14.5 Å². The number of hydrogen-bond donors (Lipinski definition) is 1. The molecule has 4 unspecified atom stereocenters. The van der Waals surface area contributed by atoms with Crippen LogP contribution >= 0.6 is 0 Å². The molecular weight excluding hydrogens is 339 g/mol. The zero-order valence-corrected chi connectivity index (χ0v) is 17.8. The predicted molar refractivity (Wildman–Crippen MR) is 109 cm³/mol. The molecule has 0 spiro atoms. The first-order chi connectivity index (χ1) is 13.2. The van der Waals surface area contributed by atoms with Crippen LogP contribution in [0.1, 0.15) is 104 Å². The minimum absolute atomic E-state index is 0.0929. The molecule has 0 bridgehead atoms. The van der Waals surface area contributed by atoms with Gasteiger partial charge in [0, 0.05) is 5.92 Å². The van der Waals surface area contributed by atoms with E-state index in [1.807, 2.05) is 0 Å². The topological polar surface area (TPSA) is 29.5 Å². The van der Waals surface area contributed by atoms with E-state index in [1.54, 1.807) is 0 Å². The van der Waals surface area contributed by atoms with Gasteiger partial charge < -0.3 is 0 Å². The zero-order valence-electron chi connectivity index (χ0n) is 17.8. The molecule has 0 heterocycles. The predicted octanol–water partition coefficient (Wildman–Crippen LogP) is 7.42. The van der Waals surface area contributed by atoms with Crippen molar-refractivity contribution in [2.75, 3.05) is 0 Å². The van der Waals surface area contributed by atoms with Crippen molar-refractivity contribution >= 4 is 0 Å². The molecule has 0 saturated heterocycles. The average Bonchev–Trinajstić information content (AvgIpc) is 2.71. The van der Waals surface area contributed by atoms with Crippen LogP contribution in [0.4, 0.5) is 4.39 Å². The third-order valence-electron chi connectivity index (χ3n) is 8.59. The summed E-state index contributed by atoms with van der Waals surface area (Å²) in [4.78, 5) is 4.96. The second kappa shape index (κ2) is 10.6. The quantitative estimate of drug-likeness (QED) is 0.366. The molecule has 2 nitrogen and oxygen atoms in total. The molecule has 0 amide bonds. The fourth-order valence-corrected chi connectivity index (χ4v) is 6.79. The molecule has 0 aromatic heterocycles. The summed E-state index contributed by atoms with van der Waals surface area (Å²) in [5.74, 6) is 3.54. The summed E-state index contributed by atoms with van der Waals surface area (Å²) in [5, 5.41) is 9.62. The Morgan fingerprint density at radius 1 is 0.852 bits per heavy atom. The molecule has 0 aliphatic heterocycles. The number of halogens is 1. The second-order valence-corrected chi connectivity index (χ2v) is 10.1. The standard InChI is InChI=1S/C24H43FO2/c1-3-5-18-8-15-22(23(25)16-18)24(27-26)21-13-11-20(12-14-21)19-9-6-17(4-2)7-10-19/h17-24,26H,3-16H2,1-2H3. The minimum atomic E-state index is -0.797. The summed E-state index contributed by atoms with van der Waals surface area (Å²) >= 11 is 0. The Kier molecular flexibility index (Phi) is 8.44. The van der Waals surface area contributed by atoms with Crippen molar-refractivity contribution in [2.24, 2.45) is 35.5 Å². The van der Waals surface area contributed by atoms with Crippen molar-refractivity contribution in [1.29, 1.82) is 0 Å². The number of hydrogen-bond acceptors (Lipinski definition) is 2. The van der Waals surface area contributed by atoms with Crippen LogP contribution in [0.15, 0.2) is 0 Å². The third-order valence-corrected chi connectivity index (χ3v) is 8.59. The molecule has 27 heavy (non-hydrogen) atoms. The second-order valence-electron chi connectivity index (χ2n) is 10.1. The summed E-state index contributed by atoms with van der Waals surface area (Å²) in [6, 6.07) is 0. The van der Waals surface area contributed by atoms with Gasteiger partial charge in [0.1, 0.15) is 12.3 Å². The SMILES string of the molecule is CCCC1CCC(C(OO)C2CCC(C3CCC(CC)CC3)CC2)C(F)C1. The summed E-state index contributed by atoms with van der Waals surface area (Å²) in [7, 11) is 0. The molecule has 0 aromatic rings. The van der Waals surface area contributed by atoms with Gasteiger partial charge in [-0.2, -0.15) is 0 Å². The van der Waals surface area contributed by atoms with E-state index in [0.29, 0.717) is 18.3 Å². The molecule has 3 aliphatic carbocycles. The Morgan fingerprint density at radius 3 is 1.96 bits per heavy atom. The fourth-order valence-electron chi connectivity index (χ4n) is 6.79. The highest BCUT2D eigenvalue weighted by Crippen LogP contribution is 2.45. The van der Waals surface area contributed by atoms with Gasteiger partial charge in [0.05, 0.1) is 0 Å². The maximum absolute atomic E-state index is 14.9. The lowest BCUT2D eigenvalue weighted by atomic mass is 9.66. The van der Waals surface area contributed by atoms with E-state index in [2.05, 4.69) is 13.8 Å². The Bertz CT molecular complexity index is 413. The smallest absolute Gasteiger partial charge is 0.106 e. The van der Waals surface area contributed by atoms with Crippen LogP contribution in [-0.2, 0) is 4.89 Å². The van der Waals surface area contributed by atoms with Crippen molar-refractivity contribution in [2.45, 2.75) is 116 Å². The van der Waals surface area contributed by atoms with Crippen molar-refractivity contribution in [3.63, 3.8) is 0 Å². The Morgan fingerprint density at radius 2 is 1.44 bits per heavy atom. The monoisotopic (exact) mass is 382 g/mol. The van der Waals surface area contributed by atoms with Crippen LogP contribution in [0.2, 0.25) is 0 Å². The zero-order chi connectivity index (χ0) is 19.2. The van der Waals surface area contributed by atoms with Crippen LogP contribution in [0.5, 0.6) is 0 Å².